The van der Waals surface area contributed by atoms with Gasteiger partial charge in [-0.25, -0.2) is 15.8 Å². The fourth-order valence-corrected chi connectivity index (χ4v) is 2.12. The summed E-state index contributed by atoms with van der Waals surface area (Å²) in [4.78, 5) is 10.8. The number of hydrogen-bond acceptors (Lipinski definition) is 5. The summed E-state index contributed by atoms with van der Waals surface area (Å²) >= 11 is 0. The molecule has 0 saturated heterocycles. The molecule has 102 valence electrons. The van der Waals surface area contributed by atoms with Crippen LogP contribution in [0.15, 0.2) is 6.33 Å². The van der Waals surface area contributed by atoms with Gasteiger partial charge in [0.2, 0.25) is 0 Å². The number of nitrogens with zero attached hydrogens (tertiary/aromatic N) is 3. The summed E-state index contributed by atoms with van der Waals surface area (Å²) < 4.78 is 0. The van der Waals surface area contributed by atoms with Gasteiger partial charge in [-0.3, -0.25) is 0 Å². The van der Waals surface area contributed by atoms with Crippen molar-refractivity contribution >= 4 is 11.6 Å². The molecule has 0 fully saturated rings. The van der Waals surface area contributed by atoms with E-state index in [9.17, 15) is 0 Å². The number of aromatic nitrogens is 2. The molecule has 0 bridgehead atoms. The Bertz CT molecular complexity index is 395. The summed E-state index contributed by atoms with van der Waals surface area (Å²) in [5, 5.41) is 0. The Morgan fingerprint density at radius 3 is 2.39 bits per heavy atom. The molecule has 0 spiro atoms. The molecule has 5 nitrogen and oxygen atoms in total. The van der Waals surface area contributed by atoms with Gasteiger partial charge in [-0.1, -0.05) is 34.6 Å². The van der Waals surface area contributed by atoms with Gasteiger partial charge in [0, 0.05) is 19.2 Å². The highest BCUT2D eigenvalue weighted by Crippen LogP contribution is 2.31. The zero-order valence-electron chi connectivity index (χ0n) is 12.3. The van der Waals surface area contributed by atoms with Crippen LogP contribution < -0.4 is 16.2 Å². The molecule has 0 amide bonds. The minimum Gasteiger partial charge on any atom is -0.359 e. The number of anilines is 2. The highest BCUT2D eigenvalue weighted by Gasteiger charge is 2.20. The third kappa shape index (κ3) is 3.57. The van der Waals surface area contributed by atoms with Crippen molar-refractivity contribution in [3.05, 3.63) is 11.9 Å². The second kappa shape index (κ2) is 5.52. The lowest BCUT2D eigenvalue weighted by molar-refractivity contribution is 0.417. The van der Waals surface area contributed by atoms with E-state index in [2.05, 4.69) is 62.0 Å². The van der Waals surface area contributed by atoms with Gasteiger partial charge in [-0.15, -0.1) is 0 Å². The van der Waals surface area contributed by atoms with E-state index in [-0.39, 0.29) is 5.41 Å². The second-order valence-electron chi connectivity index (χ2n) is 6.18. The molecule has 5 heteroatoms. The van der Waals surface area contributed by atoms with Crippen LogP contribution >= 0.6 is 0 Å². The van der Waals surface area contributed by atoms with E-state index in [1.807, 2.05) is 0 Å². The molecule has 0 aromatic carbocycles. The Morgan fingerprint density at radius 1 is 1.33 bits per heavy atom. The quantitative estimate of drug-likeness (QED) is 0.635. The minimum absolute atomic E-state index is 0.213. The van der Waals surface area contributed by atoms with Crippen molar-refractivity contribution in [3.8, 4) is 0 Å². The maximum absolute atomic E-state index is 5.53. The van der Waals surface area contributed by atoms with E-state index in [0.29, 0.717) is 11.7 Å². The standard InChI is InChI=1S/C13H25N5/c1-9(2)10-11(17-14)15-8-16-12(10)18(6)7-13(3,4)5/h8-9H,7,14H2,1-6H3,(H,15,16,17). The number of nitrogen functional groups attached to an aromatic ring is 1. The maximum Gasteiger partial charge on any atom is 0.148 e. The lowest BCUT2D eigenvalue weighted by atomic mass is 9.95. The molecule has 0 aliphatic carbocycles. The minimum atomic E-state index is 0.213. The average molecular weight is 251 g/mol. The highest BCUT2D eigenvalue weighted by atomic mass is 15.3. The van der Waals surface area contributed by atoms with E-state index < -0.39 is 0 Å². The van der Waals surface area contributed by atoms with E-state index in [0.717, 1.165) is 17.9 Å². The fraction of sp³-hybridized carbons (Fsp3) is 0.692. The first-order chi connectivity index (χ1) is 8.26. The molecule has 0 unspecified atom stereocenters. The topological polar surface area (TPSA) is 67.1 Å². The molecule has 3 N–H and O–H groups in total. The van der Waals surface area contributed by atoms with Crippen molar-refractivity contribution in [1.29, 1.82) is 0 Å². The van der Waals surface area contributed by atoms with E-state index in [4.69, 9.17) is 5.84 Å². The first-order valence-corrected chi connectivity index (χ1v) is 6.29. The fourth-order valence-electron chi connectivity index (χ4n) is 2.12. The predicted octanol–water partition coefficient (Wildman–Crippen LogP) is 2.37. The van der Waals surface area contributed by atoms with Crippen molar-refractivity contribution in [2.45, 2.75) is 40.5 Å². The number of rotatable bonds is 4. The van der Waals surface area contributed by atoms with Gasteiger partial charge in [0.25, 0.3) is 0 Å². The molecule has 18 heavy (non-hydrogen) atoms. The summed E-state index contributed by atoms with van der Waals surface area (Å²) in [5.74, 6) is 7.49. The molecule has 0 atom stereocenters. The Kier molecular flexibility index (Phi) is 4.51. The summed E-state index contributed by atoms with van der Waals surface area (Å²) in [6, 6.07) is 0. The highest BCUT2D eigenvalue weighted by molar-refractivity contribution is 5.59. The van der Waals surface area contributed by atoms with E-state index in [1.54, 1.807) is 6.33 Å². The molecule has 1 rings (SSSR count). The SMILES string of the molecule is CC(C)c1c(NN)ncnc1N(C)CC(C)(C)C. The van der Waals surface area contributed by atoms with Crippen molar-refractivity contribution in [1.82, 2.24) is 9.97 Å². The van der Waals surface area contributed by atoms with Gasteiger partial charge < -0.3 is 10.3 Å². The molecular weight excluding hydrogens is 226 g/mol. The van der Waals surface area contributed by atoms with Crippen LogP contribution in [0.1, 0.15) is 46.1 Å². The third-order valence-corrected chi connectivity index (χ3v) is 2.65. The van der Waals surface area contributed by atoms with Crippen LogP contribution in [0.2, 0.25) is 0 Å². The van der Waals surface area contributed by atoms with Crippen molar-refractivity contribution < 1.29 is 0 Å². The molecule has 0 saturated carbocycles. The van der Waals surface area contributed by atoms with E-state index >= 15 is 0 Å². The van der Waals surface area contributed by atoms with Gasteiger partial charge in [0.15, 0.2) is 0 Å². The zero-order valence-corrected chi connectivity index (χ0v) is 12.3. The number of hydrogen-bond donors (Lipinski definition) is 2. The van der Waals surface area contributed by atoms with Crippen LogP contribution in [0.5, 0.6) is 0 Å². The van der Waals surface area contributed by atoms with Crippen LogP contribution in [0.3, 0.4) is 0 Å². The van der Waals surface area contributed by atoms with Crippen LogP contribution in [0, 0.1) is 5.41 Å². The van der Waals surface area contributed by atoms with Crippen molar-refractivity contribution in [2.24, 2.45) is 11.3 Å². The van der Waals surface area contributed by atoms with Crippen LogP contribution in [-0.2, 0) is 0 Å². The Hall–Kier alpha value is -1.36. The summed E-state index contributed by atoms with van der Waals surface area (Å²) in [6.07, 6.45) is 1.55. The lowest BCUT2D eigenvalue weighted by Gasteiger charge is -2.30. The molecule has 0 radical (unpaired) electrons. The average Bonchev–Trinajstić information content (AvgIpc) is 2.25. The third-order valence-electron chi connectivity index (χ3n) is 2.65. The number of nitrogens with one attached hydrogen (secondary N) is 1. The normalized spacial score (nSPS) is 11.8. The Morgan fingerprint density at radius 2 is 1.94 bits per heavy atom. The molecule has 1 aromatic heterocycles. The Balaban J connectivity index is 3.15. The monoisotopic (exact) mass is 251 g/mol. The first-order valence-electron chi connectivity index (χ1n) is 6.29. The van der Waals surface area contributed by atoms with Gasteiger partial charge in [-0.2, -0.15) is 0 Å². The van der Waals surface area contributed by atoms with Crippen LogP contribution in [0.4, 0.5) is 11.6 Å². The summed E-state index contributed by atoms with van der Waals surface area (Å²) in [7, 11) is 2.06. The lowest BCUT2D eigenvalue weighted by Crippen LogP contribution is -2.31. The molecule has 1 aromatic rings. The maximum atomic E-state index is 5.53. The smallest absolute Gasteiger partial charge is 0.148 e. The van der Waals surface area contributed by atoms with E-state index in [1.165, 1.54) is 0 Å². The molecule has 0 aliphatic rings. The van der Waals surface area contributed by atoms with Crippen LogP contribution in [0.25, 0.3) is 0 Å². The first kappa shape index (κ1) is 14.7. The Labute approximate surface area is 110 Å². The van der Waals surface area contributed by atoms with Crippen molar-refractivity contribution in [3.63, 3.8) is 0 Å². The van der Waals surface area contributed by atoms with Gasteiger partial charge in [0.1, 0.15) is 18.0 Å². The van der Waals surface area contributed by atoms with Gasteiger partial charge in [-0.05, 0) is 11.3 Å². The summed E-state index contributed by atoms with van der Waals surface area (Å²) in [6.45, 7) is 11.8. The van der Waals surface area contributed by atoms with Crippen molar-refractivity contribution in [2.75, 3.05) is 23.9 Å². The van der Waals surface area contributed by atoms with Crippen LogP contribution in [-0.4, -0.2) is 23.6 Å². The molecular formula is C13H25N5. The molecule has 1 heterocycles. The van der Waals surface area contributed by atoms with Gasteiger partial charge >= 0.3 is 0 Å². The summed E-state index contributed by atoms with van der Waals surface area (Å²) in [5.41, 5.74) is 3.93. The largest absolute Gasteiger partial charge is 0.359 e. The number of nitrogens with two attached hydrogens (primary N) is 1. The number of hydrazine groups is 1. The zero-order chi connectivity index (χ0) is 13.9. The predicted molar refractivity (Wildman–Crippen MR) is 76.7 cm³/mol. The second-order valence-corrected chi connectivity index (χ2v) is 6.18. The van der Waals surface area contributed by atoms with Gasteiger partial charge in [0.05, 0.1) is 0 Å². The molecule has 0 aliphatic heterocycles.